The molecule has 0 spiro atoms. The first kappa shape index (κ1) is 13.9. The summed E-state index contributed by atoms with van der Waals surface area (Å²) in [5, 5.41) is 3.45. The van der Waals surface area contributed by atoms with Crippen LogP contribution in [0.25, 0.3) is 0 Å². The van der Waals surface area contributed by atoms with Crippen molar-refractivity contribution >= 4 is 0 Å². The highest BCUT2D eigenvalue weighted by Gasteiger charge is 2.25. The van der Waals surface area contributed by atoms with Gasteiger partial charge in [0.1, 0.15) is 0 Å². The van der Waals surface area contributed by atoms with E-state index in [1.54, 1.807) is 7.11 Å². The molecule has 1 saturated carbocycles. The summed E-state index contributed by atoms with van der Waals surface area (Å²) in [7, 11) is 1.75. The lowest BCUT2D eigenvalue weighted by atomic mass is 10.2. The number of methoxy groups -OCH3 is 1. The summed E-state index contributed by atoms with van der Waals surface area (Å²) < 4.78 is 5.03. The second-order valence-electron chi connectivity index (χ2n) is 4.98. The second-order valence-corrected chi connectivity index (χ2v) is 4.98. The monoisotopic (exact) mass is 228 g/mol. The number of nitrogens with one attached hydrogen (secondary N) is 1. The molecule has 3 heteroatoms. The van der Waals surface area contributed by atoms with E-state index in [-0.39, 0.29) is 0 Å². The lowest BCUT2D eigenvalue weighted by Crippen LogP contribution is -2.42. The minimum absolute atomic E-state index is 0.650. The van der Waals surface area contributed by atoms with Crippen molar-refractivity contribution in [3.63, 3.8) is 0 Å². The maximum absolute atomic E-state index is 5.03. The van der Waals surface area contributed by atoms with E-state index in [0.717, 1.165) is 25.6 Å². The van der Waals surface area contributed by atoms with E-state index in [2.05, 4.69) is 24.1 Å². The molecule has 1 unspecified atom stereocenters. The molecule has 0 aliphatic heterocycles. The van der Waals surface area contributed by atoms with Crippen LogP contribution in [0.1, 0.15) is 33.1 Å². The first-order valence-electron chi connectivity index (χ1n) is 6.71. The molecule has 0 aromatic rings. The van der Waals surface area contributed by atoms with E-state index in [9.17, 15) is 0 Å². The quantitative estimate of drug-likeness (QED) is 0.576. The zero-order valence-corrected chi connectivity index (χ0v) is 11.2. The van der Waals surface area contributed by atoms with Crippen molar-refractivity contribution < 1.29 is 4.74 Å². The highest BCUT2D eigenvalue weighted by molar-refractivity contribution is 4.80. The molecule has 0 amide bonds. The minimum atomic E-state index is 0.650. The van der Waals surface area contributed by atoms with Gasteiger partial charge < -0.3 is 10.1 Å². The zero-order valence-electron chi connectivity index (χ0n) is 11.2. The molecule has 0 bridgehead atoms. The predicted molar refractivity (Wildman–Crippen MR) is 68.8 cm³/mol. The van der Waals surface area contributed by atoms with Crippen molar-refractivity contribution in [3.8, 4) is 0 Å². The second kappa shape index (κ2) is 8.04. The molecule has 3 nitrogen and oxygen atoms in total. The highest BCUT2D eigenvalue weighted by Crippen LogP contribution is 2.30. The maximum Gasteiger partial charge on any atom is 0.0587 e. The van der Waals surface area contributed by atoms with Gasteiger partial charge in [0.25, 0.3) is 0 Å². The lowest BCUT2D eigenvalue weighted by molar-refractivity contribution is 0.178. The summed E-state index contributed by atoms with van der Waals surface area (Å²) in [6.45, 7) is 10.00. The third-order valence-corrected chi connectivity index (χ3v) is 3.25. The van der Waals surface area contributed by atoms with Crippen LogP contribution in [0.3, 0.4) is 0 Å². The van der Waals surface area contributed by atoms with Crippen molar-refractivity contribution in [2.45, 2.75) is 39.2 Å². The van der Waals surface area contributed by atoms with Gasteiger partial charge in [0.05, 0.1) is 6.61 Å². The van der Waals surface area contributed by atoms with Crippen molar-refractivity contribution in [1.29, 1.82) is 0 Å². The Hall–Kier alpha value is -0.120. The summed E-state index contributed by atoms with van der Waals surface area (Å²) in [6.07, 6.45) is 4.16. The summed E-state index contributed by atoms with van der Waals surface area (Å²) in [5.74, 6) is 0.993. The molecule has 16 heavy (non-hydrogen) atoms. The van der Waals surface area contributed by atoms with Crippen molar-refractivity contribution in [1.82, 2.24) is 10.2 Å². The van der Waals surface area contributed by atoms with E-state index in [0.29, 0.717) is 6.04 Å². The molecule has 0 radical (unpaired) electrons. The van der Waals surface area contributed by atoms with E-state index in [4.69, 9.17) is 4.74 Å². The lowest BCUT2D eigenvalue weighted by Gasteiger charge is -2.29. The minimum Gasteiger partial charge on any atom is -0.383 e. The Morgan fingerprint density at radius 3 is 2.75 bits per heavy atom. The predicted octanol–water partition coefficient (Wildman–Crippen LogP) is 1.73. The van der Waals surface area contributed by atoms with Crippen LogP contribution in [-0.2, 0) is 4.74 Å². The van der Waals surface area contributed by atoms with Gasteiger partial charge in [-0.25, -0.2) is 0 Å². The molecule has 1 aliphatic carbocycles. The van der Waals surface area contributed by atoms with Crippen LogP contribution in [-0.4, -0.2) is 50.8 Å². The van der Waals surface area contributed by atoms with Gasteiger partial charge in [-0.05, 0) is 38.6 Å². The van der Waals surface area contributed by atoms with E-state index >= 15 is 0 Å². The first-order chi connectivity index (χ1) is 7.77. The van der Waals surface area contributed by atoms with Crippen LogP contribution < -0.4 is 5.32 Å². The molecular formula is C13H28N2O. The number of hydrogen-bond acceptors (Lipinski definition) is 3. The van der Waals surface area contributed by atoms with E-state index < -0.39 is 0 Å². The molecule has 1 fully saturated rings. The number of rotatable bonds is 10. The van der Waals surface area contributed by atoms with Crippen molar-refractivity contribution in [3.05, 3.63) is 0 Å². The van der Waals surface area contributed by atoms with Gasteiger partial charge in [0.2, 0.25) is 0 Å². The first-order valence-corrected chi connectivity index (χ1v) is 6.71. The Labute approximate surface area is 101 Å². The highest BCUT2D eigenvalue weighted by atomic mass is 16.5. The molecule has 0 saturated heterocycles. The van der Waals surface area contributed by atoms with E-state index in [1.807, 2.05) is 0 Å². The van der Waals surface area contributed by atoms with Crippen LogP contribution in [0.5, 0.6) is 0 Å². The average Bonchev–Trinajstić information content (AvgIpc) is 3.07. The average molecular weight is 228 g/mol. The summed E-state index contributed by atoms with van der Waals surface area (Å²) in [6, 6.07) is 0.650. The third kappa shape index (κ3) is 5.83. The fourth-order valence-electron chi connectivity index (χ4n) is 2.03. The summed E-state index contributed by atoms with van der Waals surface area (Å²) in [5.41, 5.74) is 0. The number of ether oxygens (including phenoxy) is 1. The van der Waals surface area contributed by atoms with Gasteiger partial charge in [0, 0.05) is 32.8 Å². The molecule has 0 aromatic carbocycles. The Balaban J connectivity index is 2.14. The number of nitrogens with zero attached hydrogens (tertiary/aromatic N) is 1. The third-order valence-electron chi connectivity index (χ3n) is 3.25. The fraction of sp³-hybridized carbons (Fsp3) is 1.00. The molecule has 1 rings (SSSR count). The summed E-state index contributed by atoms with van der Waals surface area (Å²) in [4.78, 5) is 2.64. The van der Waals surface area contributed by atoms with Crippen molar-refractivity contribution in [2.24, 2.45) is 5.92 Å². The molecule has 1 N–H and O–H groups in total. The Morgan fingerprint density at radius 1 is 1.44 bits per heavy atom. The molecular weight excluding hydrogens is 200 g/mol. The zero-order chi connectivity index (χ0) is 11.8. The molecule has 0 aromatic heterocycles. The molecule has 1 atom stereocenters. The Kier molecular flexibility index (Phi) is 7.01. The Bertz CT molecular complexity index is 171. The number of hydrogen-bond donors (Lipinski definition) is 1. The molecule has 96 valence electrons. The summed E-state index contributed by atoms with van der Waals surface area (Å²) >= 11 is 0. The Morgan fingerprint density at radius 2 is 2.19 bits per heavy atom. The fourth-order valence-corrected chi connectivity index (χ4v) is 2.03. The van der Waals surface area contributed by atoms with Crippen LogP contribution in [0.4, 0.5) is 0 Å². The van der Waals surface area contributed by atoms with Gasteiger partial charge >= 0.3 is 0 Å². The van der Waals surface area contributed by atoms with Crippen molar-refractivity contribution in [2.75, 3.05) is 39.9 Å². The van der Waals surface area contributed by atoms with Gasteiger partial charge in [0.15, 0.2) is 0 Å². The normalized spacial score (nSPS) is 18.0. The SMILES string of the molecule is CCCN(CC1CC1)C(C)CNCCOC. The van der Waals surface area contributed by atoms with Crippen LogP contribution >= 0.6 is 0 Å². The van der Waals surface area contributed by atoms with Crippen LogP contribution in [0, 0.1) is 5.92 Å². The van der Waals surface area contributed by atoms with Gasteiger partial charge in [-0.3, -0.25) is 4.90 Å². The van der Waals surface area contributed by atoms with E-state index in [1.165, 1.54) is 32.4 Å². The van der Waals surface area contributed by atoms with Gasteiger partial charge in [-0.1, -0.05) is 6.92 Å². The molecule has 1 aliphatic rings. The van der Waals surface area contributed by atoms with Gasteiger partial charge in [-0.2, -0.15) is 0 Å². The molecule has 0 heterocycles. The largest absolute Gasteiger partial charge is 0.383 e. The van der Waals surface area contributed by atoms with Gasteiger partial charge in [-0.15, -0.1) is 0 Å². The van der Waals surface area contributed by atoms with Crippen LogP contribution in [0.15, 0.2) is 0 Å². The smallest absolute Gasteiger partial charge is 0.0587 e. The standard InChI is InChI=1S/C13H28N2O/c1-4-8-15(11-13-5-6-13)12(2)10-14-7-9-16-3/h12-14H,4-11H2,1-3H3. The topological polar surface area (TPSA) is 24.5 Å². The van der Waals surface area contributed by atoms with Crippen LogP contribution in [0.2, 0.25) is 0 Å². The maximum atomic E-state index is 5.03.